The number of carbonyl (C=O) groups is 1. The van der Waals surface area contributed by atoms with Crippen LogP contribution >= 0.6 is 11.6 Å². The number of anilines is 1. The Balaban J connectivity index is 2.52. The second kappa shape index (κ2) is 5.06. The number of rotatable bonds is 2. The highest BCUT2D eigenvalue weighted by Gasteiger charge is 2.09. The lowest BCUT2D eigenvalue weighted by Crippen LogP contribution is -2.08. The van der Waals surface area contributed by atoms with Gasteiger partial charge in [-0.05, 0) is 35.9 Å². The monoisotopic (exact) mass is 265 g/mol. The molecule has 0 aliphatic rings. The van der Waals surface area contributed by atoms with Crippen molar-refractivity contribution >= 4 is 23.4 Å². The number of nitrogens with one attached hydrogen (secondary N) is 1. The lowest BCUT2D eigenvalue weighted by molar-refractivity contribution is 0.210. The van der Waals surface area contributed by atoms with E-state index in [4.69, 9.17) is 16.7 Å². The number of hydrogen-bond donors (Lipinski definition) is 2. The molecule has 0 radical (unpaired) electrons. The third-order valence-electron chi connectivity index (χ3n) is 2.36. The summed E-state index contributed by atoms with van der Waals surface area (Å²) in [6.45, 7) is 0. The van der Waals surface area contributed by atoms with Crippen LogP contribution in [0.2, 0.25) is 5.02 Å². The van der Waals surface area contributed by atoms with Gasteiger partial charge in [0.05, 0.1) is 5.69 Å². The van der Waals surface area contributed by atoms with E-state index in [9.17, 15) is 9.18 Å². The Kier molecular flexibility index (Phi) is 3.48. The Bertz CT molecular complexity index is 601. The van der Waals surface area contributed by atoms with Crippen molar-refractivity contribution < 1.29 is 14.3 Å². The zero-order chi connectivity index (χ0) is 13.1. The van der Waals surface area contributed by atoms with Gasteiger partial charge < -0.3 is 5.11 Å². The maximum Gasteiger partial charge on any atom is 0.409 e. The summed E-state index contributed by atoms with van der Waals surface area (Å²) >= 11 is 5.87. The van der Waals surface area contributed by atoms with Crippen molar-refractivity contribution in [1.82, 2.24) is 0 Å². The van der Waals surface area contributed by atoms with Gasteiger partial charge in [0.15, 0.2) is 0 Å². The van der Waals surface area contributed by atoms with Crippen LogP contribution in [0.4, 0.5) is 14.9 Å². The van der Waals surface area contributed by atoms with Crippen molar-refractivity contribution in [2.75, 3.05) is 5.32 Å². The summed E-state index contributed by atoms with van der Waals surface area (Å²) < 4.78 is 13.1. The van der Waals surface area contributed by atoms with Gasteiger partial charge in [0.1, 0.15) is 5.82 Å². The van der Waals surface area contributed by atoms with Crippen molar-refractivity contribution in [2.45, 2.75) is 0 Å². The first-order valence-electron chi connectivity index (χ1n) is 5.12. The van der Waals surface area contributed by atoms with Gasteiger partial charge in [-0.15, -0.1) is 0 Å². The average molecular weight is 266 g/mol. The molecular weight excluding hydrogens is 257 g/mol. The molecule has 2 aromatic carbocycles. The summed E-state index contributed by atoms with van der Waals surface area (Å²) in [5.74, 6) is -0.510. The molecule has 2 N–H and O–H groups in total. The summed E-state index contributed by atoms with van der Waals surface area (Å²) in [6.07, 6.45) is -1.25. The second-order valence-electron chi connectivity index (χ2n) is 3.63. The van der Waals surface area contributed by atoms with Gasteiger partial charge in [-0.25, -0.2) is 9.18 Å². The first-order chi connectivity index (χ1) is 8.56. The van der Waals surface area contributed by atoms with Crippen molar-refractivity contribution in [3.8, 4) is 11.1 Å². The van der Waals surface area contributed by atoms with Crippen LogP contribution < -0.4 is 5.32 Å². The van der Waals surface area contributed by atoms with E-state index in [1.165, 1.54) is 12.1 Å². The summed E-state index contributed by atoms with van der Waals surface area (Å²) in [4.78, 5) is 10.7. The van der Waals surface area contributed by atoms with E-state index in [2.05, 4.69) is 5.32 Å². The lowest BCUT2D eigenvalue weighted by Gasteiger charge is -2.09. The third kappa shape index (κ3) is 2.78. The highest BCUT2D eigenvalue weighted by molar-refractivity contribution is 6.30. The van der Waals surface area contributed by atoms with Gasteiger partial charge >= 0.3 is 6.09 Å². The normalized spacial score (nSPS) is 10.1. The molecule has 0 aliphatic heterocycles. The van der Waals surface area contributed by atoms with E-state index in [1.54, 1.807) is 24.3 Å². The molecule has 0 saturated carbocycles. The van der Waals surface area contributed by atoms with Crippen LogP contribution in [-0.2, 0) is 0 Å². The first kappa shape index (κ1) is 12.4. The van der Waals surface area contributed by atoms with E-state index < -0.39 is 11.9 Å². The van der Waals surface area contributed by atoms with Crippen LogP contribution in [0.1, 0.15) is 0 Å². The van der Waals surface area contributed by atoms with Crippen LogP contribution in [0.25, 0.3) is 11.1 Å². The van der Waals surface area contributed by atoms with Crippen molar-refractivity contribution in [3.63, 3.8) is 0 Å². The molecule has 0 aromatic heterocycles. The largest absolute Gasteiger partial charge is 0.465 e. The van der Waals surface area contributed by atoms with E-state index in [0.717, 1.165) is 6.07 Å². The predicted octanol–water partition coefficient (Wildman–Crippen LogP) is 4.24. The molecular formula is C13H9ClFNO2. The topological polar surface area (TPSA) is 49.3 Å². The smallest absolute Gasteiger partial charge is 0.409 e. The van der Waals surface area contributed by atoms with Crippen LogP contribution in [0, 0.1) is 5.82 Å². The van der Waals surface area contributed by atoms with Gasteiger partial charge in [0, 0.05) is 10.6 Å². The Morgan fingerprint density at radius 2 is 2.00 bits per heavy atom. The summed E-state index contributed by atoms with van der Waals surface area (Å²) in [6, 6.07) is 10.8. The molecule has 0 atom stereocenters. The van der Waals surface area contributed by atoms with E-state index in [-0.39, 0.29) is 5.69 Å². The van der Waals surface area contributed by atoms with Crippen LogP contribution in [0.5, 0.6) is 0 Å². The molecule has 0 aliphatic carbocycles. The van der Waals surface area contributed by atoms with Gasteiger partial charge in [0.25, 0.3) is 0 Å². The quantitative estimate of drug-likeness (QED) is 0.853. The second-order valence-corrected chi connectivity index (χ2v) is 4.07. The lowest BCUT2D eigenvalue weighted by atomic mass is 10.0. The highest BCUT2D eigenvalue weighted by atomic mass is 35.5. The molecule has 2 aromatic rings. The molecule has 92 valence electrons. The Hall–Kier alpha value is -2.07. The van der Waals surface area contributed by atoms with Crippen LogP contribution in [-0.4, -0.2) is 11.2 Å². The number of benzene rings is 2. The SMILES string of the molecule is O=C(O)Nc1cc(F)ccc1-c1cccc(Cl)c1. The fourth-order valence-electron chi connectivity index (χ4n) is 1.64. The molecule has 18 heavy (non-hydrogen) atoms. The van der Waals surface area contributed by atoms with Crippen LogP contribution in [0.3, 0.4) is 0 Å². The van der Waals surface area contributed by atoms with Gasteiger partial charge in [0.2, 0.25) is 0 Å². The minimum atomic E-state index is -1.25. The molecule has 2 rings (SSSR count). The zero-order valence-electron chi connectivity index (χ0n) is 9.15. The molecule has 0 saturated heterocycles. The minimum absolute atomic E-state index is 0.185. The summed E-state index contributed by atoms with van der Waals surface area (Å²) in [7, 11) is 0. The van der Waals surface area contributed by atoms with E-state index in [1.807, 2.05) is 0 Å². The van der Waals surface area contributed by atoms with Gasteiger partial charge in [-0.2, -0.15) is 0 Å². The summed E-state index contributed by atoms with van der Waals surface area (Å²) in [5, 5.41) is 11.4. The van der Waals surface area contributed by atoms with Crippen molar-refractivity contribution in [1.29, 1.82) is 0 Å². The van der Waals surface area contributed by atoms with Crippen molar-refractivity contribution in [2.24, 2.45) is 0 Å². The molecule has 1 amide bonds. The average Bonchev–Trinajstić information content (AvgIpc) is 2.28. The number of hydrogen-bond acceptors (Lipinski definition) is 1. The van der Waals surface area contributed by atoms with E-state index in [0.29, 0.717) is 16.1 Å². The fourth-order valence-corrected chi connectivity index (χ4v) is 1.83. The molecule has 0 bridgehead atoms. The number of halogens is 2. The third-order valence-corrected chi connectivity index (χ3v) is 2.59. The standard InChI is InChI=1S/C13H9ClFNO2/c14-9-3-1-2-8(6-9)11-5-4-10(15)7-12(11)16-13(17)18/h1-7,16H,(H,17,18). The Morgan fingerprint density at radius 1 is 1.22 bits per heavy atom. The molecule has 0 unspecified atom stereocenters. The minimum Gasteiger partial charge on any atom is -0.465 e. The Labute approximate surface area is 108 Å². The molecule has 0 fully saturated rings. The summed E-state index contributed by atoms with van der Waals surface area (Å²) in [5.41, 5.74) is 1.47. The maximum atomic E-state index is 13.1. The maximum absolute atomic E-state index is 13.1. The first-order valence-corrected chi connectivity index (χ1v) is 5.49. The van der Waals surface area contributed by atoms with Crippen LogP contribution in [0.15, 0.2) is 42.5 Å². The molecule has 0 spiro atoms. The zero-order valence-corrected chi connectivity index (χ0v) is 9.91. The molecule has 5 heteroatoms. The molecule has 3 nitrogen and oxygen atoms in total. The Morgan fingerprint density at radius 3 is 2.67 bits per heavy atom. The number of amides is 1. The van der Waals surface area contributed by atoms with Gasteiger partial charge in [-0.1, -0.05) is 23.7 Å². The van der Waals surface area contributed by atoms with Gasteiger partial charge in [-0.3, -0.25) is 5.32 Å². The predicted molar refractivity (Wildman–Crippen MR) is 68.5 cm³/mol. The number of carboxylic acid groups (broad SMARTS) is 1. The molecule has 0 heterocycles. The fraction of sp³-hybridized carbons (Fsp3) is 0. The van der Waals surface area contributed by atoms with Crippen molar-refractivity contribution in [3.05, 3.63) is 53.3 Å². The highest BCUT2D eigenvalue weighted by Crippen LogP contribution is 2.30. The van der Waals surface area contributed by atoms with E-state index >= 15 is 0 Å².